The molecule has 0 bridgehead atoms. The molecule has 0 fully saturated rings. The quantitative estimate of drug-likeness (QED) is 0.864. The maximum absolute atomic E-state index is 13.3. The molecule has 0 spiro atoms. The number of aryl methyl sites for hydroxylation is 1. The van der Waals surface area contributed by atoms with Crippen LogP contribution in [0.15, 0.2) is 30.5 Å². The first-order valence-electron chi connectivity index (χ1n) is 6.50. The Balaban J connectivity index is 2.15. The zero-order valence-corrected chi connectivity index (χ0v) is 11.3. The van der Waals surface area contributed by atoms with Gasteiger partial charge >= 0.3 is 0 Å². The zero-order valence-electron chi connectivity index (χ0n) is 11.3. The van der Waals surface area contributed by atoms with Crippen molar-refractivity contribution in [3.05, 3.63) is 47.5 Å². The van der Waals surface area contributed by atoms with Gasteiger partial charge in [0.2, 0.25) is 0 Å². The van der Waals surface area contributed by atoms with Crippen molar-refractivity contribution in [2.45, 2.75) is 19.3 Å². The Kier molecular flexibility index (Phi) is 4.63. The molecule has 1 aromatic heterocycles. The van der Waals surface area contributed by atoms with Crippen LogP contribution in [0.2, 0.25) is 0 Å². The third-order valence-corrected chi connectivity index (χ3v) is 3.07. The molecule has 1 unspecified atom stereocenters. The fraction of sp³-hybridized carbons (Fsp3) is 0.429. The summed E-state index contributed by atoms with van der Waals surface area (Å²) in [5, 5.41) is 11.4. The van der Waals surface area contributed by atoms with Gasteiger partial charge in [0.25, 0.3) is 0 Å². The second-order valence-electron chi connectivity index (χ2n) is 4.65. The van der Waals surface area contributed by atoms with Gasteiger partial charge in [-0.1, -0.05) is 24.3 Å². The van der Waals surface area contributed by atoms with Crippen LogP contribution in [0.1, 0.15) is 24.1 Å². The molecule has 2 aromatic rings. The Hall–Kier alpha value is -1.75. The molecule has 19 heavy (non-hydrogen) atoms. The van der Waals surface area contributed by atoms with Gasteiger partial charge in [-0.15, -0.1) is 5.10 Å². The van der Waals surface area contributed by atoms with Gasteiger partial charge in [0.1, 0.15) is 5.82 Å². The SMILES string of the molecule is CCNCC(Cc1cn(C)nn1)c1cccc(F)c1. The van der Waals surface area contributed by atoms with Crippen molar-refractivity contribution in [1.29, 1.82) is 0 Å². The highest BCUT2D eigenvalue weighted by atomic mass is 19.1. The second-order valence-corrected chi connectivity index (χ2v) is 4.65. The van der Waals surface area contributed by atoms with E-state index in [1.807, 2.05) is 19.3 Å². The van der Waals surface area contributed by atoms with Crippen LogP contribution >= 0.6 is 0 Å². The molecular formula is C14H19FN4. The lowest BCUT2D eigenvalue weighted by atomic mass is 9.94. The third-order valence-electron chi connectivity index (χ3n) is 3.07. The Labute approximate surface area is 112 Å². The van der Waals surface area contributed by atoms with E-state index in [0.29, 0.717) is 0 Å². The van der Waals surface area contributed by atoms with Crippen LogP contribution in [0.25, 0.3) is 0 Å². The summed E-state index contributed by atoms with van der Waals surface area (Å²) < 4.78 is 15.0. The Morgan fingerprint density at radius 1 is 1.42 bits per heavy atom. The van der Waals surface area contributed by atoms with Crippen LogP contribution in [-0.4, -0.2) is 28.1 Å². The summed E-state index contributed by atoms with van der Waals surface area (Å²) in [6, 6.07) is 6.77. The first-order valence-corrected chi connectivity index (χ1v) is 6.50. The molecule has 1 N–H and O–H groups in total. The van der Waals surface area contributed by atoms with E-state index in [0.717, 1.165) is 30.8 Å². The molecular weight excluding hydrogens is 243 g/mol. The minimum absolute atomic E-state index is 0.196. The predicted octanol–water partition coefficient (Wildman–Crippen LogP) is 1.89. The van der Waals surface area contributed by atoms with Crippen LogP contribution in [0.5, 0.6) is 0 Å². The number of likely N-dealkylation sites (N-methyl/N-ethyl adjacent to an activating group) is 1. The van der Waals surface area contributed by atoms with Crippen LogP contribution in [-0.2, 0) is 13.5 Å². The summed E-state index contributed by atoms with van der Waals surface area (Å²) in [7, 11) is 1.85. The molecule has 0 saturated carbocycles. The number of hydrogen-bond donors (Lipinski definition) is 1. The number of halogens is 1. The fourth-order valence-corrected chi connectivity index (χ4v) is 2.13. The van der Waals surface area contributed by atoms with Gasteiger partial charge in [0.05, 0.1) is 5.69 Å². The molecule has 1 heterocycles. The van der Waals surface area contributed by atoms with Crippen LogP contribution in [0.3, 0.4) is 0 Å². The number of hydrogen-bond acceptors (Lipinski definition) is 3. The van der Waals surface area contributed by atoms with E-state index in [2.05, 4.69) is 22.6 Å². The van der Waals surface area contributed by atoms with E-state index in [-0.39, 0.29) is 11.7 Å². The first-order chi connectivity index (χ1) is 9.19. The number of nitrogens with one attached hydrogen (secondary N) is 1. The standard InChI is InChI=1S/C14H19FN4/c1-3-16-9-12(8-14-10-19(2)18-17-14)11-5-4-6-13(15)7-11/h4-7,10,12,16H,3,8-9H2,1-2H3. The first kappa shape index (κ1) is 13.7. The second kappa shape index (κ2) is 6.43. The van der Waals surface area contributed by atoms with E-state index >= 15 is 0 Å². The van der Waals surface area contributed by atoms with Gasteiger partial charge < -0.3 is 5.32 Å². The molecule has 5 heteroatoms. The summed E-state index contributed by atoms with van der Waals surface area (Å²) >= 11 is 0. The third kappa shape index (κ3) is 3.86. The minimum Gasteiger partial charge on any atom is -0.316 e. The topological polar surface area (TPSA) is 42.7 Å². The Morgan fingerprint density at radius 3 is 2.89 bits per heavy atom. The van der Waals surface area contributed by atoms with E-state index < -0.39 is 0 Å². The van der Waals surface area contributed by atoms with Gasteiger partial charge in [0, 0.05) is 32.1 Å². The summed E-state index contributed by atoms with van der Waals surface area (Å²) in [5.41, 5.74) is 1.92. The summed E-state index contributed by atoms with van der Waals surface area (Å²) in [6.45, 7) is 3.76. The van der Waals surface area contributed by atoms with E-state index in [1.54, 1.807) is 16.8 Å². The van der Waals surface area contributed by atoms with Gasteiger partial charge in [-0.3, -0.25) is 4.68 Å². The van der Waals surface area contributed by atoms with Gasteiger partial charge in [-0.2, -0.15) is 0 Å². The fourth-order valence-electron chi connectivity index (χ4n) is 2.13. The van der Waals surface area contributed by atoms with Crippen LogP contribution < -0.4 is 5.32 Å². The lowest BCUT2D eigenvalue weighted by molar-refractivity contribution is 0.578. The molecule has 0 saturated heterocycles. The monoisotopic (exact) mass is 262 g/mol. The predicted molar refractivity (Wildman–Crippen MR) is 72.4 cm³/mol. The van der Waals surface area contributed by atoms with Crippen LogP contribution in [0.4, 0.5) is 4.39 Å². The zero-order chi connectivity index (χ0) is 13.7. The van der Waals surface area contributed by atoms with E-state index in [1.165, 1.54) is 6.07 Å². The van der Waals surface area contributed by atoms with E-state index in [4.69, 9.17) is 0 Å². The molecule has 2 rings (SSSR count). The summed E-state index contributed by atoms with van der Waals surface area (Å²) in [5.74, 6) is 0.00509. The maximum atomic E-state index is 13.3. The Bertz CT molecular complexity index is 524. The highest BCUT2D eigenvalue weighted by Gasteiger charge is 2.14. The maximum Gasteiger partial charge on any atom is 0.123 e. The van der Waals surface area contributed by atoms with Gasteiger partial charge in [-0.05, 0) is 24.2 Å². The van der Waals surface area contributed by atoms with E-state index in [9.17, 15) is 4.39 Å². The number of rotatable bonds is 6. The minimum atomic E-state index is -0.196. The van der Waals surface area contributed by atoms with Crippen molar-refractivity contribution in [3.63, 3.8) is 0 Å². The average Bonchev–Trinajstić information content (AvgIpc) is 2.80. The molecule has 0 aliphatic carbocycles. The molecule has 4 nitrogen and oxygen atoms in total. The van der Waals surface area contributed by atoms with Gasteiger partial charge in [-0.25, -0.2) is 4.39 Å². The molecule has 0 aliphatic heterocycles. The highest BCUT2D eigenvalue weighted by molar-refractivity contribution is 5.22. The normalized spacial score (nSPS) is 12.6. The molecule has 0 radical (unpaired) electrons. The summed E-state index contributed by atoms with van der Waals surface area (Å²) in [4.78, 5) is 0. The summed E-state index contributed by atoms with van der Waals surface area (Å²) in [6.07, 6.45) is 2.66. The molecule has 102 valence electrons. The number of aromatic nitrogens is 3. The van der Waals surface area contributed by atoms with Crippen molar-refractivity contribution in [3.8, 4) is 0 Å². The lowest BCUT2D eigenvalue weighted by Crippen LogP contribution is -2.23. The average molecular weight is 262 g/mol. The van der Waals surface area contributed by atoms with Crippen molar-refractivity contribution >= 4 is 0 Å². The highest BCUT2D eigenvalue weighted by Crippen LogP contribution is 2.20. The number of benzene rings is 1. The van der Waals surface area contributed by atoms with Crippen molar-refractivity contribution in [2.75, 3.05) is 13.1 Å². The number of nitrogens with zero attached hydrogens (tertiary/aromatic N) is 3. The van der Waals surface area contributed by atoms with Crippen molar-refractivity contribution in [2.24, 2.45) is 7.05 Å². The largest absolute Gasteiger partial charge is 0.316 e. The van der Waals surface area contributed by atoms with Crippen molar-refractivity contribution in [1.82, 2.24) is 20.3 Å². The smallest absolute Gasteiger partial charge is 0.123 e. The molecule has 1 aromatic carbocycles. The Morgan fingerprint density at radius 2 is 2.26 bits per heavy atom. The van der Waals surface area contributed by atoms with Crippen LogP contribution in [0, 0.1) is 5.82 Å². The van der Waals surface area contributed by atoms with Crippen molar-refractivity contribution < 1.29 is 4.39 Å². The van der Waals surface area contributed by atoms with Gasteiger partial charge in [0.15, 0.2) is 0 Å². The molecule has 0 amide bonds. The molecule has 1 atom stereocenters. The lowest BCUT2D eigenvalue weighted by Gasteiger charge is -2.16. The molecule has 0 aliphatic rings.